The van der Waals surface area contributed by atoms with Crippen LogP contribution in [0.3, 0.4) is 0 Å². The Balaban J connectivity index is 0. The maximum atomic E-state index is 7.88. The van der Waals surface area contributed by atoms with E-state index >= 15 is 0 Å². The second kappa shape index (κ2) is 15.0. The molecule has 0 aromatic heterocycles. The van der Waals surface area contributed by atoms with Crippen molar-refractivity contribution in [3.63, 3.8) is 0 Å². The SMILES string of the molecule is CCCCC.CCCO.CCN1CCC(C)C1C. The Morgan fingerprint density at radius 2 is 1.50 bits per heavy atom. The number of unbranched alkanes of at least 4 members (excludes halogenated alkanes) is 2. The number of rotatable bonds is 4. The van der Waals surface area contributed by atoms with E-state index in [2.05, 4.69) is 39.5 Å². The van der Waals surface area contributed by atoms with Gasteiger partial charge in [0.15, 0.2) is 0 Å². The van der Waals surface area contributed by atoms with Crippen LogP contribution in [-0.4, -0.2) is 35.7 Å². The second-order valence-electron chi connectivity index (χ2n) is 5.21. The van der Waals surface area contributed by atoms with Gasteiger partial charge < -0.3 is 10.0 Å². The Labute approximate surface area is 116 Å². The molecule has 0 saturated carbocycles. The summed E-state index contributed by atoms with van der Waals surface area (Å²) in [4.78, 5) is 2.55. The first-order valence-electron chi connectivity index (χ1n) is 7.93. The van der Waals surface area contributed by atoms with Crippen LogP contribution in [0.5, 0.6) is 0 Å². The molecule has 0 radical (unpaired) electrons. The van der Waals surface area contributed by atoms with E-state index < -0.39 is 0 Å². The van der Waals surface area contributed by atoms with Crippen molar-refractivity contribution in [3.05, 3.63) is 0 Å². The van der Waals surface area contributed by atoms with Crippen LogP contribution in [0.4, 0.5) is 0 Å². The Kier molecular flexibility index (Phi) is 16.8. The minimum absolute atomic E-state index is 0.319. The standard InChI is InChI=1S/C8H17N.C5H12.C3H8O/c1-4-9-6-5-7(2)8(9)3;1-3-5-4-2;1-2-3-4/h7-8H,4-6H2,1-3H3;3-5H2,1-2H3;4H,2-3H2,1H3. The lowest BCUT2D eigenvalue weighted by atomic mass is 10.1. The zero-order chi connectivity index (χ0) is 14.4. The number of hydrogen-bond donors (Lipinski definition) is 1. The van der Waals surface area contributed by atoms with Gasteiger partial charge in [-0.15, -0.1) is 0 Å². The molecule has 1 saturated heterocycles. The quantitative estimate of drug-likeness (QED) is 0.812. The molecule has 1 aliphatic rings. The fraction of sp³-hybridized carbons (Fsp3) is 1.00. The third-order valence-electron chi connectivity index (χ3n) is 3.61. The number of likely N-dealkylation sites (tertiary alicyclic amines) is 1. The highest BCUT2D eigenvalue weighted by Gasteiger charge is 2.25. The first-order chi connectivity index (χ1) is 8.58. The van der Waals surface area contributed by atoms with Gasteiger partial charge in [-0.2, -0.15) is 0 Å². The molecule has 1 N–H and O–H groups in total. The van der Waals surface area contributed by atoms with E-state index in [1.165, 1.54) is 38.8 Å². The molecular formula is C16H37NO. The largest absolute Gasteiger partial charge is 0.396 e. The Morgan fingerprint density at radius 3 is 1.61 bits per heavy atom. The Hall–Kier alpha value is -0.0800. The minimum atomic E-state index is 0.319. The summed E-state index contributed by atoms with van der Waals surface area (Å²) in [5.41, 5.74) is 0. The average Bonchev–Trinajstić information content (AvgIpc) is 2.71. The van der Waals surface area contributed by atoms with E-state index in [-0.39, 0.29) is 0 Å². The second-order valence-corrected chi connectivity index (χ2v) is 5.21. The van der Waals surface area contributed by atoms with E-state index in [0.29, 0.717) is 6.61 Å². The summed E-state index contributed by atoms with van der Waals surface area (Å²) in [6, 6.07) is 0.829. The van der Waals surface area contributed by atoms with Gasteiger partial charge in [0.2, 0.25) is 0 Å². The van der Waals surface area contributed by atoms with Crippen molar-refractivity contribution in [2.24, 2.45) is 5.92 Å². The molecule has 0 bridgehead atoms. The fourth-order valence-corrected chi connectivity index (χ4v) is 1.97. The molecule has 2 atom stereocenters. The van der Waals surface area contributed by atoms with Crippen LogP contribution >= 0.6 is 0 Å². The molecule has 0 aliphatic carbocycles. The van der Waals surface area contributed by atoms with Crippen molar-refractivity contribution >= 4 is 0 Å². The first kappa shape index (κ1) is 20.2. The predicted octanol–water partition coefficient (Wildman–Crippen LogP) is 4.32. The van der Waals surface area contributed by atoms with E-state index in [1.807, 2.05) is 6.92 Å². The maximum Gasteiger partial charge on any atom is 0.0428 e. The number of aliphatic hydroxyl groups is 1. The molecule has 0 spiro atoms. The van der Waals surface area contributed by atoms with E-state index in [1.54, 1.807) is 0 Å². The van der Waals surface area contributed by atoms with Gasteiger partial charge in [0.05, 0.1) is 0 Å². The highest BCUT2D eigenvalue weighted by Crippen LogP contribution is 2.22. The molecule has 0 aromatic rings. The zero-order valence-electron chi connectivity index (χ0n) is 13.7. The number of aliphatic hydroxyl groups excluding tert-OH is 1. The summed E-state index contributed by atoms with van der Waals surface area (Å²) in [6.07, 6.45) is 6.35. The molecule has 1 rings (SSSR count). The molecule has 1 heterocycles. The van der Waals surface area contributed by atoms with E-state index in [4.69, 9.17) is 5.11 Å². The predicted molar refractivity (Wildman–Crippen MR) is 83.1 cm³/mol. The summed E-state index contributed by atoms with van der Waals surface area (Å²) in [5, 5.41) is 7.88. The third-order valence-corrected chi connectivity index (χ3v) is 3.61. The lowest BCUT2D eigenvalue weighted by Crippen LogP contribution is -2.28. The van der Waals surface area contributed by atoms with Crippen LogP contribution in [0, 0.1) is 5.92 Å². The molecule has 0 aromatic carbocycles. The molecular weight excluding hydrogens is 222 g/mol. The molecule has 1 aliphatic heterocycles. The van der Waals surface area contributed by atoms with Crippen LogP contribution in [-0.2, 0) is 0 Å². The van der Waals surface area contributed by atoms with Gasteiger partial charge in [-0.1, -0.05) is 53.9 Å². The Bertz CT molecular complexity index is 146. The molecule has 18 heavy (non-hydrogen) atoms. The molecule has 0 amide bonds. The van der Waals surface area contributed by atoms with Gasteiger partial charge >= 0.3 is 0 Å². The van der Waals surface area contributed by atoms with Crippen LogP contribution < -0.4 is 0 Å². The topological polar surface area (TPSA) is 23.5 Å². The van der Waals surface area contributed by atoms with E-state index in [0.717, 1.165) is 18.4 Å². The highest BCUT2D eigenvalue weighted by molar-refractivity contribution is 4.79. The summed E-state index contributed by atoms with van der Waals surface area (Å²) in [5.74, 6) is 0.921. The number of hydrogen-bond acceptors (Lipinski definition) is 2. The number of nitrogens with zero attached hydrogens (tertiary/aromatic N) is 1. The van der Waals surface area contributed by atoms with Crippen molar-refractivity contribution in [1.82, 2.24) is 4.90 Å². The van der Waals surface area contributed by atoms with Crippen molar-refractivity contribution in [2.75, 3.05) is 19.7 Å². The summed E-state index contributed by atoms with van der Waals surface area (Å²) in [6.45, 7) is 16.1. The summed E-state index contributed by atoms with van der Waals surface area (Å²) >= 11 is 0. The van der Waals surface area contributed by atoms with Crippen molar-refractivity contribution in [1.29, 1.82) is 0 Å². The van der Waals surface area contributed by atoms with Crippen LogP contribution in [0.25, 0.3) is 0 Å². The van der Waals surface area contributed by atoms with Crippen molar-refractivity contribution < 1.29 is 5.11 Å². The third kappa shape index (κ3) is 11.0. The van der Waals surface area contributed by atoms with Crippen molar-refractivity contribution in [2.45, 2.75) is 79.7 Å². The molecule has 2 nitrogen and oxygen atoms in total. The van der Waals surface area contributed by atoms with Crippen LogP contribution in [0.15, 0.2) is 0 Å². The van der Waals surface area contributed by atoms with Gasteiger partial charge in [-0.05, 0) is 38.8 Å². The van der Waals surface area contributed by atoms with Gasteiger partial charge in [0.1, 0.15) is 0 Å². The maximum absolute atomic E-state index is 7.88. The van der Waals surface area contributed by atoms with E-state index in [9.17, 15) is 0 Å². The molecule has 112 valence electrons. The monoisotopic (exact) mass is 259 g/mol. The molecule has 2 unspecified atom stereocenters. The van der Waals surface area contributed by atoms with Crippen LogP contribution in [0.2, 0.25) is 0 Å². The lowest BCUT2D eigenvalue weighted by Gasteiger charge is -2.20. The molecule has 1 fully saturated rings. The highest BCUT2D eigenvalue weighted by atomic mass is 16.2. The minimum Gasteiger partial charge on any atom is -0.396 e. The summed E-state index contributed by atoms with van der Waals surface area (Å²) in [7, 11) is 0. The Morgan fingerprint density at radius 1 is 1.00 bits per heavy atom. The molecule has 2 heteroatoms. The average molecular weight is 259 g/mol. The fourth-order valence-electron chi connectivity index (χ4n) is 1.97. The lowest BCUT2D eigenvalue weighted by molar-refractivity contribution is 0.260. The van der Waals surface area contributed by atoms with Crippen LogP contribution in [0.1, 0.15) is 73.6 Å². The normalized spacial score (nSPS) is 22.8. The van der Waals surface area contributed by atoms with Gasteiger partial charge in [-0.3, -0.25) is 0 Å². The van der Waals surface area contributed by atoms with Gasteiger partial charge in [0, 0.05) is 12.6 Å². The van der Waals surface area contributed by atoms with Crippen molar-refractivity contribution in [3.8, 4) is 0 Å². The smallest absolute Gasteiger partial charge is 0.0428 e. The van der Waals surface area contributed by atoms with Gasteiger partial charge in [0.25, 0.3) is 0 Å². The van der Waals surface area contributed by atoms with Gasteiger partial charge in [-0.25, -0.2) is 0 Å². The first-order valence-corrected chi connectivity index (χ1v) is 7.93. The summed E-state index contributed by atoms with van der Waals surface area (Å²) < 4.78 is 0. The zero-order valence-corrected chi connectivity index (χ0v) is 13.7.